The summed E-state index contributed by atoms with van der Waals surface area (Å²) in [6.07, 6.45) is -0.957. The first kappa shape index (κ1) is 15.9. The molecule has 2 aromatic carbocycles. The zero-order chi connectivity index (χ0) is 16.1. The number of urea groups is 1. The quantitative estimate of drug-likeness (QED) is 0.812. The number of halogens is 2. The van der Waals surface area contributed by atoms with Gasteiger partial charge in [-0.3, -0.25) is 0 Å². The van der Waals surface area contributed by atoms with Crippen molar-refractivity contribution in [2.24, 2.45) is 0 Å². The highest BCUT2D eigenvalue weighted by molar-refractivity contribution is 5.89. The van der Waals surface area contributed by atoms with Crippen LogP contribution in [0.5, 0.6) is 0 Å². The second-order valence-corrected chi connectivity index (χ2v) is 4.87. The molecule has 3 N–H and O–H groups in total. The maximum Gasteiger partial charge on any atom is 0.319 e. The molecule has 116 valence electrons. The number of carbonyl (C=O) groups excluding carboxylic acids is 1. The highest BCUT2D eigenvalue weighted by Gasteiger charge is 2.10. The molecule has 1 atom stereocenters. The average molecular weight is 306 g/mol. The fraction of sp³-hybridized carbons (Fsp3) is 0.188. The predicted octanol–water partition coefficient (Wildman–Crippen LogP) is 3.13. The van der Waals surface area contributed by atoms with E-state index in [2.05, 4.69) is 10.6 Å². The molecule has 2 rings (SSSR count). The molecule has 2 aromatic rings. The van der Waals surface area contributed by atoms with Crippen LogP contribution in [0.4, 0.5) is 19.3 Å². The van der Waals surface area contributed by atoms with Gasteiger partial charge < -0.3 is 15.7 Å². The summed E-state index contributed by atoms with van der Waals surface area (Å²) in [7, 11) is 0. The standard InChI is InChI=1S/C16H16F2N2O2/c1-10-2-7-13(8-14(10)18)20-16(22)19-9-15(21)11-3-5-12(17)6-4-11/h2-8,15,21H,9H2,1H3,(H2,19,20,22). The van der Waals surface area contributed by atoms with E-state index in [0.29, 0.717) is 16.8 Å². The molecule has 0 radical (unpaired) electrons. The minimum atomic E-state index is -0.957. The van der Waals surface area contributed by atoms with Crippen LogP contribution in [0.1, 0.15) is 17.2 Å². The number of benzene rings is 2. The van der Waals surface area contributed by atoms with Crippen molar-refractivity contribution in [2.45, 2.75) is 13.0 Å². The number of rotatable bonds is 4. The van der Waals surface area contributed by atoms with E-state index < -0.39 is 23.8 Å². The lowest BCUT2D eigenvalue weighted by Gasteiger charge is -2.13. The van der Waals surface area contributed by atoms with Crippen molar-refractivity contribution in [2.75, 3.05) is 11.9 Å². The summed E-state index contributed by atoms with van der Waals surface area (Å²) >= 11 is 0. The molecule has 0 aliphatic heterocycles. The van der Waals surface area contributed by atoms with Crippen LogP contribution in [0, 0.1) is 18.6 Å². The fourth-order valence-corrected chi connectivity index (χ4v) is 1.84. The summed E-state index contributed by atoms with van der Waals surface area (Å²) in [5.41, 5.74) is 1.29. The Morgan fingerprint density at radius 1 is 1.18 bits per heavy atom. The Labute approximate surface area is 126 Å². The Morgan fingerprint density at radius 2 is 1.86 bits per heavy atom. The Balaban J connectivity index is 1.86. The lowest BCUT2D eigenvalue weighted by molar-refractivity contribution is 0.175. The first-order valence-electron chi connectivity index (χ1n) is 6.70. The monoisotopic (exact) mass is 306 g/mol. The summed E-state index contributed by atoms with van der Waals surface area (Å²) < 4.78 is 26.1. The maximum absolute atomic E-state index is 13.4. The lowest BCUT2D eigenvalue weighted by Crippen LogP contribution is -2.32. The van der Waals surface area contributed by atoms with Gasteiger partial charge >= 0.3 is 6.03 Å². The molecule has 0 heterocycles. The molecule has 0 aromatic heterocycles. The van der Waals surface area contributed by atoms with Crippen molar-refractivity contribution in [3.8, 4) is 0 Å². The van der Waals surface area contributed by atoms with E-state index in [-0.39, 0.29) is 6.54 Å². The fourth-order valence-electron chi connectivity index (χ4n) is 1.84. The molecule has 6 heteroatoms. The first-order valence-corrected chi connectivity index (χ1v) is 6.70. The number of aryl methyl sites for hydroxylation is 1. The van der Waals surface area contributed by atoms with Crippen LogP contribution in [-0.4, -0.2) is 17.7 Å². The SMILES string of the molecule is Cc1ccc(NC(=O)NCC(O)c2ccc(F)cc2)cc1F. The van der Waals surface area contributed by atoms with E-state index in [1.165, 1.54) is 30.3 Å². The van der Waals surface area contributed by atoms with Crippen LogP contribution in [0.2, 0.25) is 0 Å². The summed E-state index contributed by atoms with van der Waals surface area (Å²) in [5, 5.41) is 14.8. The molecule has 2 amide bonds. The molecule has 0 bridgehead atoms. The third-order valence-electron chi connectivity index (χ3n) is 3.14. The topological polar surface area (TPSA) is 61.4 Å². The van der Waals surface area contributed by atoms with Crippen LogP contribution in [-0.2, 0) is 0 Å². The minimum Gasteiger partial charge on any atom is -0.387 e. The number of aliphatic hydroxyl groups is 1. The van der Waals surface area contributed by atoms with Gasteiger partial charge in [-0.25, -0.2) is 13.6 Å². The van der Waals surface area contributed by atoms with Crippen LogP contribution in [0.15, 0.2) is 42.5 Å². The zero-order valence-corrected chi connectivity index (χ0v) is 11.9. The first-order chi connectivity index (χ1) is 10.5. The smallest absolute Gasteiger partial charge is 0.319 e. The molecule has 0 spiro atoms. The zero-order valence-electron chi connectivity index (χ0n) is 11.9. The Bertz CT molecular complexity index is 660. The number of carbonyl (C=O) groups is 1. The number of hydrogen-bond acceptors (Lipinski definition) is 2. The van der Waals surface area contributed by atoms with Crippen molar-refractivity contribution >= 4 is 11.7 Å². The van der Waals surface area contributed by atoms with Gasteiger partial charge in [-0.05, 0) is 42.3 Å². The third kappa shape index (κ3) is 4.26. The van der Waals surface area contributed by atoms with Crippen LogP contribution in [0.3, 0.4) is 0 Å². The van der Waals surface area contributed by atoms with E-state index in [1.807, 2.05) is 0 Å². The second kappa shape index (κ2) is 7.00. The molecule has 1 unspecified atom stereocenters. The van der Waals surface area contributed by atoms with Gasteiger partial charge in [0.25, 0.3) is 0 Å². The predicted molar refractivity (Wildman–Crippen MR) is 79.5 cm³/mol. The van der Waals surface area contributed by atoms with Crippen molar-refractivity contribution < 1.29 is 18.7 Å². The van der Waals surface area contributed by atoms with Crippen molar-refractivity contribution in [3.05, 3.63) is 65.2 Å². The van der Waals surface area contributed by atoms with E-state index in [9.17, 15) is 18.7 Å². The van der Waals surface area contributed by atoms with Crippen LogP contribution < -0.4 is 10.6 Å². The Kier molecular flexibility index (Phi) is 5.06. The van der Waals surface area contributed by atoms with Crippen molar-refractivity contribution in [1.29, 1.82) is 0 Å². The molecule has 0 saturated heterocycles. The molecular formula is C16H16F2N2O2. The molecule has 0 saturated carbocycles. The number of nitrogens with one attached hydrogen (secondary N) is 2. The van der Waals surface area contributed by atoms with Gasteiger partial charge in [0.2, 0.25) is 0 Å². The summed E-state index contributed by atoms with van der Waals surface area (Å²) in [6, 6.07) is 9.12. The normalized spacial score (nSPS) is 11.8. The highest BCUT2D eigenvalue weighted by Crippen LogP contribution is 2.14. The van der Waals surface area contributed by atoms with Gasteiger partial charge in [0.15, 0.2) is 0 Å². The molecule has 0 aliphatic rings. The number of anilines is 1. The van der Waals surface area contributed by atoms with E-state index >= 15 is 0 Å². The lowest BCUT2D eigenvalue weighted by atomic mass is 10.1. The number of aliphatic hydroxyl groups excluding tert-OH is 1. The summed E-state index contributed by atoms with van der Waals surface area (Å²) in [5.74, 6) is -0.813. The highest BCUT2D eigenvalue weighted by atomic mass is 19.1. The number of hydrogen-bond donors (Lipinski definition) is 3. The van der Waals surface area contributed by atoms with Gasteiger partial charge in [-0.15, -0.1) is 0 Å². The van der Waals surface area contributed by atoms with Crippen LogP contribution >= 0.6 is 0 Å². The largest absolute Gasteiger partial charge is 0.387 e. The van der Waals surface area contributed by atoms with Gasteiger partial charge in [0.1, 0.15) is 11.6 Å². The molecule has 0 fully saturated rings. The van der Waals surface area contributed by atoms with Gasteiger partial charge in [-0.2, -0.15) is 0 Å². The summed E-state index contributed by atoms with van der Waals surface area (Å²) in [4.78, 5) is 11.7. The minimum absolute atomic E-state index is 0.0498. The Hall–Kier alpha value is -2.47. The van der Waals surface area contributed by atoms with Crippen LogP contribution in [0.25, 0.3) is 0 Å². The van der Waals surface area contributed by atoms with Gasteiger partial charge in [0.05, 0.1) is 6.10 Å². The molecule has 4 nitrogen and oxygen atoms in total. The van der Waals surface area contributed by atoms with Gasteiger partial charge in [-0.1, -0.05) is 18.2 Å². The van der Waals surface area contributed by atoms with Crippen molar-refractivity contribution in [1.82, 2.24) is 5.32 Å². The van der Waals surface area contributed by atoms with Gasteiger partial charge in [0, 0.05) is 12.2 Å². The second-order valence-electron chi connectivity index (χ2n) is 4.87. The third-order valence-corrected chi connectivity index (χ3v) is 3.14. The molecule has 0 aliphatic carbocycles. The molecule has 22 heavy (non-hydrogen) atoms. The summed E-state index contributed by atoms with van der Waals surface area (Å²) in [6.45, 7) is 1.57. The van der Waals surface area contributed by atoms with E-state index in [0.717, 1.165) is 0 Å². The molecular weight excluding hydrogens is 290 g/mol. The van der Waals surface area contributed by atoms with Crippen molar-refractivity contribution in [3.63, 3.8) is 0 Å². The van der Waals surface area contributed by atoms with E-state index in [4.69, 9.17) is 0 Å². The van der Waals surface area contributed by atoms with E-state index in [1.54, 1.807) is 19.1 Å². The average Bonchev–Trinajstić information content (AvgIpc) is 2.49. The number of amides is 2. The Morgan fingerprint density at radius 3 is 2.50 bits per heavy atom. The maximum atomic E-state index is 13.4.